The summed E-state index contributed by atoms with van der Waals surface area (Å²) in [7, 11) is 0. The lowest BCUT2D eigenvalue weighted by Crippen LogP contribution is -2.67. The fourth-order valence-corrected chi connectivity index (χ4v) is 3.00. The summed E-state index contributed by atoms with van der Waals surface area (Å²) in [5.41, 5.74) is 0.911. The third kappa shape index (κ3) is 5.91. The van der Waals surface area contributed by atoms with E-state index >= 15 is 0 Å². The maximum Gasteiger partial charge on any atom is 0.384 e. The van der Waals surface area contributed by atoms with Gasteiger partial charge in [0.2, 0.25) is 0 Å². The normalized spacial score (nSPS) is 17.4. The van der Waals surface area contributed by atoms with E-state index < -0.39 is 49.8 Å². The molecule has 0 aromatic heterocycles. The standard InChI is InChI=1S/C20H23F10NO2/c1-16(21,22)18(25,26)20(29,30)19(27,28)17(23,24)12-32-10-13-2-4-14(5-3-13)11-33-15-6-8-31-9-7-15/h2-5,15,31H,6-12H2,1H3. The predicted molar refractivity (Wildman–Crippen MR) is 97.2 cm³/mol. The number of hydrogen-bond donors (Lipinski definition) is 1. The first-order valence-electron chi connectivity index (χ1n) is 9.90. The molecule has 0 aliphatic carbocycles. The van der Waals surface area contributed by atoms with Crippen LogP contribution in [0.1, 0.15) is 30.9 Å². The molecule has 3 nitrogen and oxygen atoms in total. The van der Waals surface area contributed by atoms with Crippen LogP contribution in [0.2, 0.25) is 0 Å². The van der Waals surface area contributed by atoms with Crippen molar-refractivity contribution in [2.45, 2.75) is 68.7 Å². The van der Waals surface area contributed by atoms with Gasteiger partial charge in [-0.15, -0.1) is 0 Å². The van der Waals surface area contributed by atoms with Gasteiger partial charge in [0.15, 0.2) is 0 Å². The van der Waals surface area contributed by atoms with Gasteiger partial charge in [0, 0.05) is 6.92 Å². The van der Waals surface area contributed by atoms with Gasteiger partial charge in [-0.25, -0.2) is 0 Å². The van der Waals surface area contributed by atoms with Gasteiger partial charge in [0.1, 0.15) is 6.61 Å². The van der Waals surface area contributed by atoms with E-state index in [1.165, 1.54) is 12.1 Å². The van der Waals surface area contributed by atoms with Crippen molar-refractivity contribution in [2.75, 3.05) is 19.7 Å². The van der Waals surface area contributed by atoms with Crippen LogP contribution in [0, 0.1) is 0 Å². The van der Waals surface area contributed by atoms with Gasteiger partial charge in [-0.1, -0.05) is 24.3 Å². The Morgan fingerprint density at radius 3 is 1.73 bits per heavy atom. The molecule has 1 aliphatic rings. The second-order valence-corrected chi connectivity index (χ2v) is 7.89. The Morgan fingerprint density at radius 2 is 1.24 bits per heavy atom. The van der Waals surface area contributed by atoms with Gasteiger partial charge in [0.25, 0.3) is 0 Å². The summed E-state index contributed by atoms with van der Waals surface area (Å²) < 4.78 is 143. The van der Waals surface area contributed by atoms with E-state index in [4.69, 9.17) is 4.74 Å². The molecule has 0 radical (unpaired) electrons. The molecule has 33 heavy (non-hydrogen) atoms. The van der Waals surface area contributed by atoms with E-state index in [0.717, 1.165) is 31.5 Å². The molecule has 13 heteroatoms. The number of ether oxygens (including phenoxy) is 2. The Kier molecular flexibility index (Phi) is 8.33. The summed E-state index contributed by atoms with van der Waals surface area (Å²) in [5.74, 6) is -32.2. The second kappa shape index (κ2) is 9.95. The number of nitrogens with one attached hydrogen (secondary N) is 1. The molecule has 1 aromatic carbocycles. The predicted octanol–water partition coefficient (Wildman–Crippen LogP) is 5.67. The average molecular weight is 499 g/mol. The van der Waals surface area contributed by atoms with Crippen molar-refractivity contribution >= 4 is 0 Å². The zero-order valence-corrected chi connectivity index (χ0v) is 17.4. The summed E-state index contributed by atoms with van der Waals surface area (Å²) in [4.78, 5) is 0. The van der Waals surface area contributed by atoms with E-state index in [1.54, 1.807) is 12.1 Å². The molecule has 0 atom stereocenters. The zero-order chi connectivity index (χ0) is 25.1. The van der Waals surface area contributed by atoms with Crippen molar-refractivity contribution in [1.82, 2.24) is 5.32 Å². The van der Waals surface area contributed by atoms with Crippen molar-refractivity contribution in [3.8, 4) is 0 Å². The Morgan fingerprint density at radius 1 is 0.758 bits per heavy atom. The Hall–Kier alpha value is -1.60. The fraction of sp³-hybridized carbons (Fsp3) is 0.700. The molecule has 0 spiro atoms. The lowest BCUT2D eigenvalue weighted by Gasteiger charge is -2.38. The summed E-state index contributed by atoms with van der Waals surface area (Å²) in [6.07, 6.45) is 1.76. The van der Waals surface area contributed by atoms with Crippen LogP contribution in [0.4, 0.5) is 43.9 Å². The van der Waals surface area contributed by atoms with Crippen molar-refractivity contribution in [3.05, 3.63) is 35.4 Å². The summed E-state index contributed by atoms with van der Waals surface area (Å²) in [6, 6.07) is 5.87. The molecule has 0 saturated carbocycles. The van der Waals surface area contributed by atoms with Gasteiger partial charge < -0.3 is 14.8 Å². The molecule has 1 saturated heterocycles. The number of alkyl halides is 10. The Bertz CT molecular complexity index is 759. The zero-order valence-electron chi connectivity index (χ0n) is 17.4. The Balaban J connectivity index is 1.93. The van der Waals surface area contributed by atoms with Gasteiger partial charge in [-0.2, -0.15) is 43.9 Å². The van der Waals surface area contributed by atoms with Crippen molar-refractivity contribution in [1.29, 1.82) is 0 Å². The second-order valence-electron chi connectivity index (χ2n) is 7.89. The molecule has 1 fully saturated rings. The molecule has 1 N–H and O–H groups in total. The smallest absolute Gasteiger partial charge is 0.373 e. The van der Waals surface area contributed by atoms with Crippen LogP contribution in [-0.4, -0.2) is 55.4 Å². The molecular weight excluding hydrogens is 476 g/mol. The summed E-state index contributed by atoms with van der Waals surface area (Å²) >= 11 is 0. The topological polar surface area (TPSA) is 30.5 Å². The van der Waals surface area contributed by atoms with Crippen LogP contribution in [0.5, 0.6) is 0 Å². The van der Waals surface area contributed by atoms with Crippen LogP contribution < -0.4 is 5.32 Å². The highest BCUT2D eigenvalue weighted by Gasteiger charge is 2.85. The fourth-order valence-electron chi connectivity index (χ4n) is 3.00. The first-order chi connectivity index (χ1) is 15.0. The quantitative estimate of drug-likeness (QED) is 0.398. The first-order valence-corrected chi connectivity index (χ1v) is 9.90. The molecule has 1 aliphatic heterocycles. The molecule has 190 valence electrons. The number of piperidine rings is 1. The molecule has 0 amide bonds. The maximum absolute atomic E-state index is 13.7. The highest BCUT2D eigenvalue weighted by atomic mass is 19.4. The van der Waals surface area contributed by atoms with Crippen LogP contribution in [0.3, 0.4) is 0 Å². The largest absolute Gasteiger partial charge is 0.384 e. The van der Waals surface area contributed by atoms with E-state index in [1.807, 2.05) is 0 Å². The minimum atomic E-state index is -7.05. The lowest BCUT2D eigenvalue weighted by molar-refractivity contribution is -0.402. The van der Waals surface area contributed by atoms with Crippen molar-refractivity contribution in [2.24, 2.45) is 0 Å². The molecule has 1 aromatic rings. The van der Waals surface area contributed by atoms with E-state index in [9.17, 15) is 43.9 Å². The molecule has 1 heterocycles. The van der Waals surface area contributed by atoms with Crippen LogP contribution in [0.15, 0.2) is 24.3 Å². The lowest BCUT2D eigenvalue weighted by atomic mass is 9.95. The summed E-state index contributed by atoms with van der Waals surface area (Å²) in [5, 5.41) is 3.18. The third-order valence-corrected chi connectivity index (χ3v) is 5.15. The van der Waals surface area contributed by atoms with E-state index in [2.05, 4.69) is 10.1 Å². The minimum absolute atomic E-state index is 0.0799. The third-order valence-electron chi connectivity index (χ3n) is 5.15. The van der Waals surface area contributed by atoms with Gasteiger partial charge in [-0.3, -0.25) is 0 Å². The average Bonchev–Trinajstić information content (AvgIpc) is 2.72. The van der Waals surface area contributed by atoms with E-state index in [0.29, 0.717) is 0 Å². The van der Waals surface area contributed by atoms with Crippen LogP contribution in [0.25, 0.3) is 0 Å². The number of rotatable bonds is 11. The van der Waals surface area contributed by atoms with Gasteiger partial charge in [0.05, 0.1) is 19.3 Å². The molecule has 0 unspecified atom stereocenters. The molecular formula is C20H23F10NO2. The number of hydrogen-bond acceptors (Lipinski definition) is 3. The summed E-state index contributed by atoms with van der Waals surface area (Å²) in [6.45, 7) is -1.99. The number of benzene rings is 1. The van der Waals surface area contributed by atoms with Gasteiger partial charge in [-0.05, 0) is 37.1 Å². The van der Waals surface area contributed by atoms with Crippen molar-refractivity contribution < 1.29 is 53.4 Å². The minimum Gasteiger partial charge on any atom is -0.373 e. The maximum atomic E-state index is 13.7. The van der Waals surface area contributed by atoms with Crippen LogP contribution >= 0.6 is 0 Å². The monoisotopic (exact) mass is 499 g/mol. The van der Waals surface area contributed by atoms with Gasteiger partial charge >= 0.3 is 29.6 Å². The van der Waals surface area contributed by atoms with E-state index in [-0.39, 0.29) is 18.3 Å². The van der Waals surface area contributed by atoms with Crippen LogP contribution in [-0.2, 0) is 22.7 Å². The number of halogens is 10. The Labute approximate surface area is 183 Å². The highest BCUT2D eigenvalue weighted by molar-refractivity contribution is 5.21. The van der Waals surface area contributed by atoms with Crippen molar-refractivity contribution in [3.63, 3.8) is 0 Å². The molecule has 2 rings (SSSR count). The highest BCUT2D eigenvalue weighted by Crippen LogP contribution is 2.56. The first kappa shape index (κ1) is 27.6. The molecule has 0 bridgehead atoms. The SMILES string of the molecule is CC(F)(F)C(F)(F)C(F)(F)C(F)(F)C(F)(F)COCc1ccc(COC2CCNCC2)cc1.